The molecule has 0 aliphatic rings. The van der Waals surface area contributed by atoms with Gasteiger partial charge >= 0.3 is 0 Å². The summed E-state index contributed by atoms with van der Waals surface area (Å²) in [6.45, 7) is 2.30. The van der Waals surface area contributed by atoms with Gasteiger partial charge in [-0.1, -0.05) is 12.1 Å². The van der Waals surface area contributed by atoms with Gasteiger partial charge in [-0.3, -0.25) is 9.52 Å². The highest BCUT2D eigenvalue weighted by atomic mass is 35.5. The van der Waals surface area contributed by atoms with Gasteiger partial charge in [0.1, 0.15) is 0 Å². The molecular formula is C12H20ClN3O3S. The van der Waals surface area contributed by atoms with Crippen molar-refractivity contribution in [2.75, 3.05) is 17.5 Å². The number of rotatable bonds is 6. The summed E-state index contributed by atoms with van der Waals surface area (Å²) < 4.78 is 24.8. The fourth-order valence-corrected chi connectivity index (χ4v) is 2.06. The third-order valence-corrected chi connectivity index (χ3v) is 2.94. The summed E-state index contributed by atoms with van der Waals surface area (Å²) in [5.74, 6) is -0.326. The Balaban J connectivity index is 0.00000361. The van der Waals surface area contributed by atoms with Crippen molar-refractivity contribution in [2.45, 2.75) is 19.4 Å². The molecule has 0 saturated heterocycles. The van der Waals surface area contributed by atoms with Crippen LogP contribution in [0, 0.1) is 0 Å². The molecule has 0 saturated carbocycles. The van der Waals surface area contributed by atoms with Crippen molar-refractivity contribution in [1.29, 1.82) is 0 Å². The average molecular weight is 322 g/mol. The minimum atomic E-state index is -3.42. The molecule has 20 heavy (non-hydrogen) atoms. The molecule has 0 heterocycles. The van der Waals surface area contributed by atoms with Gasteiger partial charge in [0.25, 0.3) is 5.91 Å². The molecule has 0 spiro atoms. The van der Waals surface area contributed by atoms with E-state index in [1.807, 2.05) is 6.92 Å². The second kappa shape index (κ2) is 8.08. The predicted molar refractivity (Wildman–Crippen MR) is 82.8 cm³/mol. The minimum Gasteiger partial charge on any atom is -0.352 e. The van der Waals surface area contributed by atoms with Crippen LogP contribution in [0.4, 0.5) is 5.69 Å². The van der Waals surface area contributed by atoms with E-state index in [2.05, 4.69) is 10.0 Å². The van der Waals surface area contributed by atoms with Gasteiger partial charge in [0, 0.05) is 12.6 Å². The average Bonchev–Trinajstić information content (AvgIpc) is 2.26. The molecule has 4 N–H and O–H groups in total. The molecule has 6 nitrogen and oxygen atoms in total. The van der Waals surface area contributed by atoms with Crippen LogP contribution in [0.5, 0.6) is 0 Å². The molecule has 1 aromatic rings. The van der Waals surface area contributed by atoms with Crippen molar-refractivity contribution in [2.24, 2.45) is 5.73 Å². The maximum Gasteiger partial charge on any atom is 0.253 e. The second-order valence-electron chi connectivity index (χ2n) is 4.44. The van der Waals surface area contributed by atoms with Crippen LogP contribution in [0.1, 0.15) is 23.7 Å². The normalized spacial score (nSPS) is 12.2. The fourth-order valence-electron chi connectivity index (χ4n) is 1.48. The maximum atomic E-state index is 11.9. The van der Waals surface area contributed by atoms with E-state index in [0.29, 0.717) is 13.0 Å². The van der Waals surface area contributed by atoms with Crippen LogP contribution in [0.15, 0.2) is 24.3 Å². The number of halogens is 1. The fraction of sp³-hybridized carbons (Fsp3) is 0.417. The van der Waals surface area contributed by atoms with Crippen LogP contribution in [0.25, 0.3) is 0 Å². The lowest BCUT2D eigenvalue weighted by molar-refractivity contribution is 0.0953. The lowest BCUT2D eigenvalue weighted by Crippen LogP contribution is -2.29. The highest BCUT2D eigenvalue weighted by molar-refractivity contribution is 7.92. The number of hydrogen-bond acceptors (Lipinski definition) is 4. The number of hydrogen-bond donors (Lipinski definition) is 3. The van der Waals surface area contributed by atoms with Crippen molar-refractivity contribution in [1.82, 2.24) is 5.32 Å². The summed E-state index contributed by atoms with van der Waals surface area (Å²) in [5.41, 5.74) is 6.14. The first-order valence-corrected chi connectivity index (χ1v) is 7.79. The third kappa shape index (κ3) is 6.74. The van der Waals surface area contributed by atoms with E-state index < -0.39 is 10.0 Å². The molecular weight excluding hydrogens is 302 g/mol. The van der Waals surface area contributed by atoms with E-state index in [-0.39, 0.29) is 35.6 Å². The summed E-state index contributed by atoms with van der Waals surface area (Å²) in [4.78, 5) is 11.9. The van der Waals surface area contributed by atoms with E-state index in [1.165, 1.54) is 0 Å². The van der Waals surface area contributed by atoms with Gasteiger partial charge in [-0.05, 0) is 25.5 Å². The SMILES string of the molecule is CC(N)CCNC(=O)c1ccccc1NS(C)(=O)=O.Cl. The number of amides is 1. The molecule has 8 heteroatoms. The van der Waals surface area contributed by atoms with E-state index in [0.717, 1.165) is 6.26 Å². The number of anilines is 1. The topological polar surface area (TPSA) is 101 Å². The molecule has 1 atom stereocenters. The Morgan fingerprint density at radius 2 is 1.95 bits per heavy atom. The largest absolute Gasteiger partial charge is 0.352 e. The standard InChI is InChI=1S/C12H19N3O3S.ClH/c1-9(13)7-8-14-12(16)10-5-3-4-6-11(10)15-19(2,17)18;/h3-6,9,15H,7-8,13H2,1-2H3,(H,14,16);1H. The summed E-state index contributed by atoms with van der Waals surface area (Å²) in [6.07, 6.45) is 1.70. The van der Waals surface area contributed by atoms with Crippen molar-refractivity contribution >= 4 is 34.0 Å². The summed E-state index contributed by atoms with van der Waals surface area (Å²) >= 11 is 0. The second-order valence-corrected chi connectivity index (χ2v) is 6.19. The van der Waals surface area contributed by atoms with Gasteiger partial charge < -0.3 is 11.1 Å². The first-order chi connectivity index (χ1) is 8.79. The van der Waals surface area contributed by atoms with Crippen molar-refractivity contribution in [3.63, 3.8) is 0 Å². The summed E-state index contributed by atoms with van der Waals surface area (Å²) in [7, 11) is -3.42. The first-order valence-electron chi connectivity index (χ1n) is 5.90. The Morgan fingerprint density at radius 1 is 1.35 bits per heavy atom. The lowest BCUT2D eigenvalue weighted by Gasteiger charge is -2.11. The number of carbonyl (C=O) groups excluding carboxylic acids is 1. The third-order valence-electron chi connectivity index (χ3n) is 2.35. The number of nitrogens with one attached hydrogen (secondary N) is 2. The monoisotopic (exact) mass is 321 g/mol. The highest BCUT2D eigenvalue weighted by Gasteiger charge is 2.13. The Hall–Kier alpha value is -1.31. The van der Waals surface area contributed by atoms with Gasteiger partial charge in [0.15, 0.2) is 0 Å². The molecule has 114 valence electrons. The van der Waals surface area contributed by atoms with Crippen molar-refractivity contribution < 1.29 is 13.2 Å². The zero-order valence-corrected chi connectivity index (χ0v) is 13.1. The van der Waals surface area contributed by atoms with E-state index in [1.54, 1.807) is 24.3 Å². The molecule has 1 amide bonds. The molecule has 0 bridgehead atoms. The van der Waals surface area contributed by atoms with Crippen LogP contribution in [-0.4, -0.2) is 33.2 Å². The van der Waals surface area contributed by atoms with Crippen LogP contribution >= 0.6 is 12.4 Å². The lowest BCUT2D eigenvalue weighted by atomic mass is 10.1. The zero-order chi connectivity index (χ0) is 14.5. The Kier molecular flexibility index (Phi) is 7.55. The number of nitrogens with two attached hydrogens (primary N) is 1. The van der Waals surface area contributed by atoms with Gasteiger partial charge in [-0.25, -0.2) is 8.42 Å². The Morgan fingerprint density at radius 3 is 2.50 bits per heavy atom. The number of sulfonamides is 1. The van der Waals surface area contributed by atoms with Crippen LogP contribution in [-0.2, 0) is 10.0 Å². The van der Waals surface area contributed by atoms with Crippen molar-refractivity contribution in [3.05, 3.63) is 29.8 Å². The zero-order valence-electron chi connectivity index (χ0n) is 11.4. The van der Waals surface area contributed by atoms with Gasteiger partial charge in [-0.15, -0.1) is 12.4 Å². The van der Waals surface area contributed by atoms with E-state index in [9.17, 15) is 13.2 Å². The van der Waals surface area contributed by atoms with Crippen LogP contribution < -0.4 is 15.8 Å². The number of carbonyl (C=O) groups is 1. The first kappa shape index (κ1) is 18.7. The summed E-state index contributed by atoms with van der Waals surface area (Å²) in [5, 5.41) is 2.70. The maximum absolute atomic E-state index is 11.9. The molecule has 0 aromatic heterocycles. The Bertz CT molecular complexity index is 547. The smallest absolute Gasteiger partial charge is 0.253 e. The van der Waals surface area contributed by atoms with E-state index >= 15 is 0 Å². The molecule has 0 radical (unpaired) electrons. The Labute approximate surface area is 125 Å². The molecule has 1 unspecified atom stereocenters. The molecule has 1 aromatic carbocycles. The van der Waals surface area contributed by atoms with Crippen LogP contribution in [0.3, 0.4) is 0 Å². The van der Waals surface area contributed by atoms with E-state index in [4.69, 9.17) is 5.73 Å². The highest BCUT2D eigenvalue weighted by Crippen LogP contribution is 2.15. The summed E-state index contributed by atoms with van der Waals surface area (Å²) in [6, 6.07) is 6.45. The van der Waals surface area contributed by atoms with Crippen LogP contribution in [0.2, 0.25) is 0 Å². The molecule has 0 aliphatic carbocycles. The van der Waals surface area contributed by atoms with Gasteiger partial charge in [0.05, 0.1) is 17.5 Å². The van der Waals surface area contributed by atoms with Gasteiger partial charge in [0.2, 0.25) is 10.0 Å². The quantitative estimate of drug-likeness (QED) is 0.726. The molecule has 1 rings (SSSR count). The molecule has 0 aliphatic heterocycles. The molecule has 0 fully saturated rings. The predicted octanol–water partition coefficient (Wildman–Crippen LogP) is 0.947. The number of benzene rings is 1. The van der Waals surface area contributed by atoms with Gasteiger partial charge in [-0.2, -0.15) is 0 Å². The minimum absolute atomic E-state index is 0. The number of para-hydroxylation sites is 1. The van der Waals surface area contributed by atoms with Crippen molar-refractivity contribution in [3.8, 4) is 0 Å².